The van der Waals surface area contributed by atoms with E-state index in [2.05, 4.69) is 0 Å². The lowest BCUT2D eigenvalue weighted by Gasteiger charge is -2.45. The molecule has 0 amide bonds. The number of rotatable bonds is 1. The van der Waals surface area contributed by atoms with Gasteiger partial charge in [-0.05, 0) is 12.8 Å². The quantitative estimate of drug-likeness (QED) is 0.652. The molecule has 0 aromatic carbocycles. The Morgan fingerprint density at radius 3 is 2.15 bits per heavy atom. The van der Waals surface area contributed by atoms with Crippen molar-refractivity contribution in [2.75, 3.05) is 13.2 Å². The third-order valence-corrected chi connectivity index (χ3v) is 3.76. The Balaban J connectivity index is 1.76. The maximum atomic E-state index is 10.4. The van der Waals surface area contributed by atoms with E-state index < -0.39 is 5.60 Å². The zero-order valence-corrected chi connectivity index (χ0v) is 7.74. The van der Waals surface area contributed by atoms with E-state index in [-0.39, 0.29) is 0 Å². The fraction of sp³-hybridized carbons (Fsp3) is 1.00. The number of fused-ring (bicyclic) bond motifs is 2. The van der Waals surface area contributed by atoms with E-state index in [1.165, 1.54) is 0 Å². The van der Waals surface area contributed by atoms with E-state index in [0.717, 1.165) is 38.9 Å². The molecule has 0 saturated carbocycles. The summed E-state index contributed by atoms with van der Waals surface area (Å²) in [7, 11) is 0. The van der Waals surface area contributed by atoms with Gasteiger partial charge in [-0.25, -0.2) is 0 Å². The van der Waals surface area contributed by atoms with Crippen LogP contribution >= 0.6 is 0 Å². The first-order chi connectivity index (χ1) is 6.26. The van der Waals surface area contributed by atoms with E-state index in [9.17, 15) is 5.11 Å². The minimum atomic E-state index is -0.470. The second-order valence-electron chi connectivity index (χ2n) is 4.70. The standard InChI is InChI=1S/C10H16O3/c11-10(7-5-12-6-7)3-8-1-2-9(4-10)13-8/h7-9,11H,1-6H2. The van der Waals surface area contributed by atoms with Crippen molar-refractivity contribution in [3.63, 3.8) is 0 Å². The molecule has 0 spiro atoms. The highest BCUT2D eigenvalue weighted by Gasteiger charge is 2.50. The van der Waals surface area contributed by atoms with Crippen LogP contribution in [0.3, 0.4) is 0 Å². The normalized spacial score (nSPS) is 50.5. The summed E-state index contributed by atoms with van der Waals surface area (Å²) < 4.78 is 10.9. The van der Waals surface area contributed by atoms with Crippen LogP contribution in [0, 0.1) is 5.92 Å². The molecule has 74 valence electrons. The lowest BCUT2D eigenvalue weighted by Crippen LogP contribution is -2.53. The predicted octanol–water partition coefficient (Wildman–Crippen LogP) is 0.705. The van der Waals surface area contributed by atoms with Crippen LogP contribution < -0.4 is 0 Å². The molecule has 3 rings (SSSR count). The summed E-state index contributed by atoms with van der Waals surface area (Å²) in [5.41, 5.74) is -0.470. The first-order valence-corrected chi connectivity index (χ1v) is 5.22. The fourth-order valence-corrected chi connectivity index (χ4v) is 2.83. The minimum absolute atomic E-state index is 0.323. The molecule has 3 aliphatic rings. The molecule has 2 unspecified atom stereocenters. The highest BCUT2D eigenvalue weighted by Crippen LogP contribution is 2.43. The molecule has 0 aromatic heterocycles. The molecule has 3 aliphatic heterocycles. The number of ether oxygens (including phenoxy) is 2. The Hall–Kier alpha value is -0.120. The molecule has 2 bridgehead atoms. The van der Waals surface area contributed by atoms with Crippen molar-refractivity contribution in [2.24, 2.45) is 5.92 Å². The first kappa shape index (κ1) is 8.21. The van der Waals surface area contributed by atoms with Crippen LogP contribution in [0.5, 0.6) is 0 Å². The predicted molar refractivity (Wildman–Crippen MR) is 46.4 cm³/mol. The zero-order chi connectivity index (χ0) is 8.89. The summed E-state index contributed by atoms with van der Waals surface area (Å²) in [6.07, 6.45) is 4.59. The second kappa shape index (κ2) is 2.69. The molecule has 0 aliphatic carbocycles. The Kier molecular flexibility index (Phi) is 1.70. The van der Waals surface area contributed by atoms with E-state index >= 15 is 0 Å². The van der Waals surface area contributed by atoms with Crippen LogP contribution in [-0.4, -0.2) is 36.1 Å². The van der Waals surface area contributed by atoms with Crippen LogP contribution in [0.25, 0.3) is 0 Å². The summed E-state index contributed by atoms with van der Waals surface area (Å²) in [4.78, 5) is 0. The number of aliphatic hydroxyl groups is 1. The zero-order valence-electron chi connectivity index (χ0n) is 7.74. The van der Waals surface area contributed by atoms with Gasteiger partial charge in [0.2, 0.25) is 0 Å². The molecule has 3 heterocycles. The summed E-state index contributed by atoms with van der Waals surface area (Å²) in [5, 5.41) is 10.4. The van der Waals surface area contributed by atoms with Crippen LogP contribution in [0.15, 0.2) is 0 Å². The topological polar surface area (TPSA) is 38.7 Å². The largest absolute Gasteiger partial charge is 0.389 e. The Labute approximate surface area is 78.0 Å². The monoisotopic (exact) mass is 184 g/mol. The average molecular weight is 184 g/mol. The Bertz CT molecular complexity index is 200. The van der Waals surface area contributed by atoms with Crippen molar-refractivity contribution in [3.05, 3.63) is 0 Å². The molecule has 3 fully saturated rings. The molecule has 0 radical (unpaired) electrons. The molecule has 3 heteroatoms. The van der Waals surface area contributed by atoms with Crippen molar-refractivity contribution in [1.82, 2.24) is 0 Å². The highest BCUT2D eigenvalue weighted by molar-refractivity contribution is 4.99. The van der Waals surface area contributed by atoms with Crippen LogP contribution in [0.4, 0.5) is 0 Å². The molecule has 1 N–H and O–H groups in total. The first-order valence-electron chi connectivity index (χ1n) is 5.22. The van der Waals surface area contributed by atoms with Gasteiger partial charge in [0.1, 0.15) is 0 Å². The van der Waals surface area contributed by atoms with Gasteiger partial charge in [-0.1, -0.05) is 0 Å². The molecule has 13 heavy (non-hydrogen) atoms. The van der Waals surface area contributed by atoms with Gasteiger partial charge in [-0.15, -0.1) is 0 Å². The molecule has 0 aromatic rings. The SMILES string of the molecule is OC1(C2COC2)CC2CCC(C1)O2. The van der Waals surface area contributed by atoms with Crippen molar-refractivity contribution in [3.8, 4) is 0 Å². The van der Waals surface area contributed by atoms with Gasteiger partial charge in [0.15, 0.2) is 0 Å². The highest BCUT2D eigenvalue weighted by atomic mass is 16.5. The van der Waals surface area contributed by atoms with Crippen molar-refractivity contribution in [1.29, 1.82) is 0 Å². The van der Waals surface area contributed by atoms with Gasteiger partial charge in [-0.2, -0.15) is 0 Å². The molecular weight excluding hydrogens is 168 g/mol. The molecular formula is C10H16O3. The van der Waals surface area contributed by atoms with Gasteiger partial charge >= 0.3 is 0 Å². The number of hydrogen-bond acceptors (Lipinski definition) is 3. The third kappa shape index (κ3) is 1.22. The molecule has 3 nitrogen and oxygen atoms in total. The van der Waals surface area contributed by atoms with Gasteiger partial charge in [0.25, 0.3) is 0 Å². The van der Waals surface area contributed by atoms with Gasteiger partial charge in [-0.3, -0.25) is 0 Å². The van der Waals surface area contributed by atoms with E-state index in [1.54, 1.807) is 0 Å². The van der Waals surface area contributed by atoms with Crippen molar-refractivity contribution >= 4 is 0 Å². The second-order valence-corrected chi connectivity index (χ2v) is 4.70. The maximum absolute atomic E-state index is 10.4. The van der Waals surface area contributed by atoms with Gasteiger partial charge in [0.05, 0.1) is 31.0 Å². The number of hydrogen-bond donors (Lipinski definition) is 1. The molecule has 2 atom stereocenters. The van der Waals surface area contributed by atoms with Crippen LogP contribution in [0.2, 0.25) is 0 Å². The van der Waals surface area contributed by atoms with Crippen molar-refractivity contribution in [2.45, 2.75) is 43.5 Å². The van der Waals surface area contributed by atoms with Crippen LogP contribution in [0.1, 0.15) is 25.7 Å². The van der Waals surface area contributed by atoms with E-state index in [1.807, 2.05) is 0 Å². The van der Waals surface area contributed by atoms with Crippen molar-refractivity contribution < 1.29 is 14.6 Å². The third-order valence-electron chi connectivity index (χ3n) is 3.76. The summed E-state index contributed by atoms with van der Waals surface area (Å²) in [6.45, 7) is 1.49. The fourth-order valence-electron chi connectivity index (χ4n) is 2.83. The van der Waals surface area contributed by atoms with Crippen LogP contribution in [-0.2, 0) is 9.47 Å². The smallest absolute Gasteiger partial charge is 0.0769 e. The minimum Gasteiger partial charge on any atom is -0.389 e. The Morgan fingerprint density at radius 1 is 1.08 bits per heavy atom. The van der Waals surface area contributed by atoms with E-state index in [0.29, 0.717) is 18.1 Å². The summed E-state index contributed by atoms with van der Waals surface area (Å²) in [6, 6.07) is 0. The van der Waals surface area contributed by atoms with Gasteiger partial charge in [0, 0.05) is 18.8 Å². The summed E-state index contributed by atoms with van der Waals surface area (Å²) in [5.74, 6) is 0.375. The molecule has 3 saturated heterocycles. The average Bonchev–Trinajstić information content (AvgIpc) is 2.25. The maximum Gasteiger partial charge on any atom is 0.0769 e. The summed E-state index contributed by atoms with van der Waals surface area (Å²) >= 11 is 0. The van der Waals surface area contributed by atoms with E-state index in [4.69, 9.17) is 9.47 Å². The Morgan fingerprint density at radius 2 is 1.69 bits per heavy atom. The lowest BCUT2D eigenvalue weighted by molar-refractivity contribution is -0.197. The van der Waals surface area contributed by atoms with Gasteiger partial charge < -0.3 is 14.6 Å². The lowest BCUT2D eigenvalue weighted by atomic mass is 9.78.